The fourth-order valence-electron chi connectivity index (χ4n) is 1.28. The van der Waals surface area contributed by atoms with Crippen molar-refractivity contribution in [3.05, 3.63) is 21.3 Å². The van der Waals surface area contributed by atoms with Crippen LogP contribution < -0.4 is 5.32 Å². The first-order chi connectivity index (χ1) is 7.04. The molecule has 1 aromatic heterocycles. The first-order valence-electron chi connectivity index (χ1n) is 5.09. The molecule has 0 aliphatic carbocycles. The summed E-state index contributed by atoms with van der Waals surface area (Å²) in [6.07, 6.45) is 1.02. The number of rotatable bonds is 5. The van der Waals surface area contributed by atoms with Gasteiger partial charge in [0.1, 0.15) is 0 Å². The normalized spacial score (nSPS) is 14.0. The lowest BCUT2D eigenvalue weighted by Gasteiger charge is -2.16. The highest BCUT2D eigenvalue weighted by Crippen LogP contribution is 2.20. The number of nitrogens with one attached hydrogen (secondary N) is 1. The highest BCUT2D eigenvalue weighted by Gasteiger charge is 2.17. The zero-order chi connectivity index (χ0) is 11.4. The molecule has 16 heavy (non-hydrogen) atoms. The fourth-order valence-corrected chi connectivity index (χ4v) is 2.38. The lowest BCUT2D eigenvalue weighted by Crippen LogP contribution is -2.39. The van der Waals surface area contributed by atoms with E-state index in [1.54, 1.807) is 11.4 Å². The van der Waals surface area contributed by atoms with Gasteiger partial charge in [-0.3, -0.25) is 4.79 Å². The van der Waals surface area contributed by atoms with Crippen LogP contribution in [0.15, 0.2) is 11.4 Å². The summed E-state index contributed by atoms with van der Waals surface area (Å²) in [6, 6.07) is 1.94. The van der Waals surface area contributed by atoms with Gasteiger partial charge in [0, 0.05) is 11.4 Å². The van der Waals surface area contributed by atoms with Crippen molar-refractivity contribution >= 4 is 41.1 Å². The molecule has 0 saturated carbocycles. The Morgan fingerprint density at radius 2 is 2.19 bits per heavy atom. The second kappa shape index (κ2) is 7.28. The number of Topliss-reactive ketones (excluding diaryl/α,β-unsaturated/α-hetero) is 1. The van der Waals surface area contributed by atoms with Crippen LogP contribution in [0, 0.1) is 0 Å². The molecule has 0 aliphatic heterocycles. The molecule has 2 unspecified atom stereocenters. The topological polar surface area (TPSA) is 29.1 Å². The SMILES string of the molecule is CCC(C)NC(C)C(=O)c1cc(Cl)cs1.Cl. The largest absolute Gasteiger partial charge is 0.305 e. The maximum Gasteiger partial charge on any atom is 0.189 e. The number of hydrogen-bond acceptors (Lipinski definition) is 3. The Kier molecular flexibility index (Phi) is 7.24. The van der Waals surface area contributed by atoms with Crippen molar-refractivity contribution in [2.45, 2.75) is 39.3 Å². The maximum absolute atomic E-state index is 11.9. The average molecular weight is 282 g/mol. The molecule has 2 atom stereocenters. The summed E-state index contributed by atoms with van der Waals surface area (Å²) in [4.78, 5) is 12.6. The van der Waals surface area contributed by atoms with E-state index in [0.29, 0.717) is 11.1 Å². The lowest BCUT2D eigenvalue weighted by molar-refractivity contribution is 0.0949. The third kappa shape index (κ3) is 4.42. The molecule has 1 heterocycles. The van der Waals surface area contributed by atoms with Crippen LogP contribution >= 0.6 is 35.3 Å². The van der Waals surface area contributed by atoms with Crippen molar-refractivity contribution in [1.82, 2.24) is 5.32 Å². The second-order valence-corrected chi connectivity index (χ2v) is 5.04. The van der Waals surface area contributed by atoms with E-state index in [4.69, 9.17) is 11.6 Å². The summed E-state index contributed by atoms with van der Waals surface area (Å²) in [5.41, 5.74) is 0. The van der Waals surface area contributed by atoms with Gasteiger partial charge in [-0.25, -0.2) is 0 Å². The Morgan fingerprint density at radius 1 is 1.56 bits per heavy atom. The standard InChI is InChI=1S/C11H16ClNOS.ClH/c1-4-7(2)13-8(3)11(14)10-5-9(12)6-15-10;/h5-8,13H,4H2,1-3H3;1H. The van der Waals surface area contributed by atoms with Gasteiger partial charge in [0.2, 0.25) is 0 Å². The van der Waals surface area contributed by atoms with E-state index in [-0.39, 0.29) is 24.2 Å². The molecule has 0 spiro atoms. The van der Waals surface area contributed by atoms with Gasteiger partial charge in [-0.1, -0.05) is 18.5 Å². The predicted octanol–water partition coefficient (Wildman–Crippen LogP) is 3.78. The van der Waals surface area contributed by atoms with Gasteiger partial charge in [0.25, 0.3) is 0 Å². The summed E-state index contributed by atoms with van der Waals surface area (Å²) < 4.78 is 0. The highest BCUT2D eigenvalue weighted by molar-refractivity contribution is 7.12. The molecule has 1 rings (SSSR count). The van der Waals surface area contributed by atoms with E-state index < -0.39 is 0 Å². The molecule has 1 N–H and O–H groups in total. The third-order valence-corrected chi connectivity index (χ3v) is 3.64. The summed E-state index contributed by atoms with van der Waals surface area (Å²) in [5, 5.41) is 5.67. The molecule has 0 fully saturated rings. The van der Waals surface area contributed by atoms with E-state index >= 15 is 0 Å². The van der Waals surface area contributed by atoms with E-state index in [0.717, 1.165) is 11.3 Å². The molecule has 0 aliphatic rings. The van der Waals surface area contributed by atoms with Crippen LogP contribution in [-0.4, -0.2) is 17.9 Å². The Labute approximate surface area is 112 Å². The van der Waals surface area contributed by atoms with Crippen LogP contribution in [0.1, 0.15) is 36.9 Å². The van der Waals surface area contributed by atoms with Crippen LogP contribution in [0.2, 0.25) is 5.02 Å². The molecule has 0 saturated heterocycles. The molecule has 2 nitrogen and oxygen atoms in total. The van der Waals surface area contributed by atoms with E-state index in [9.17, 15) is 4.79 Å². The van der Waals surface area contributed by atoms with Crippen molar-refractivity contribution in [2.75, 3.05) is 0 Å². The van der Waals surface area contributed by atoms with Crippen molar-refractivity contribution < 1.29 is 4.79 Å². The molecule has 0 amide bonds. The van der Waals surface area contributed by atoms with E-state index in [1.165, 1.54) is 11.3 Å². The van der Waals surface area contributed by atoms with E-state index in [1.807, 2.05) is 6.92 Å². The molecular formula is C11H17Cl2NOS. The number of halogens is 2. The minimum atomic E-state index is -0.144. The summed E-state index contributed by atoms with van der Waals surface area (Å²) >= 11 is 7.18. The quantitative estimate of drug-likeness (QED) is 0.833. The third-order valence-electron chi connectivity index (χ3n) is 2.35. The zero-order valence-electron chi connectivity index (χ0n) is 9.62. The lowest BCUT2D eigenvalue weighted by atomic mass is 10.1. The molecule has 92 valence electrons. The second-order valence-electron chi connectivity index (χ2n) is 3.69. The number of carbonyl (C=O) groups is 1. The van der Waals surface area contributed by atoms with E-state index in [2.05, 4.69) is 19.2 Å². The van der Waals surface area contributed by atoms with Gasteiger partial charge in [-0.15, -0.1) is 23.7 Å². The van der Waals surface area contributed by atoms with Crippen LogP contribution in [-0.2, 0) is 0 Å². The van der Waals surface area contributed by atoms with Gasteiger partial charge in [-0.05, 0) is 26.3 Å². The minimum absolute atomic E-state index is 0. The highest BCUT2D eigenvalue weighted by atomic mass is 35.5. The van der Waals surface area contributed by atoms with Crippen LogP contribution in [0.5, 0.6) is 0 Å². The fraction of sp³-hybridized carbons (Fsp3) is 0.545. The van der Waals surface area contributed by atoms with Gasteiger partial charge in [0.05, 0.1) is 15.9 Å². The Bertz CT molecular complexity index is 340. The summed E-state index contributed by atoms with van der Waals surface area (Å²) in [7, 11) is 0. The smallest absolute Gasteiger partial charge is 0.189 e. The molecule has 0 bridgehead atoms. The van der Waals surface area contributed by atoms with Gasteiger partial charge in [0.15, 0.2) is 5.78 Å². The average Bonchev–Trinajstić information content (AvgIpc) is 2.63. The molecule has 5 heteroatoms. The predicted molar refractivity (Wildman–Crippen MR) is 73.3 cm³/mol. The number of hydrogen-bond donors (Lipinski definition) is 1. The molecule has 0 radical (unpaired) electrons. The minimum Gasteiger partial charge on any atom is -0.305 e. The van der Waals surface area contributed by atoms with Crippen molar-refractivity contribution in [1.29, 1.82) is 0 Å². The number of carbonyl (C=O) groups excluding carboxylic acids is 1. The Hall–Kier alpha value is -0.0900. The Balaban J connectivity index is 0.00000225. The van der Waals surface area contributed by atoms with Crippen molar-refractivity contribution in [3.8, 4) is 0 Å². The monoisotopic (exact) mass is 281 g/mol. The van der Waals surface area contributed by atoms with Gasteiger partial charge in [-0.2, -0.15) is 0 Å². The molecule has 1 aromatic rings. The first-order valence-corrected chi connectivity index (χ1v) is 6.34. The van der Waals surface area contributed by atoms with Crippen molar-refractivity contribution in [2.24, 2.45) is 0 Å². The van der Waals surface area contributed by atoms with Gasteiger partial charge >= 0.3 is 0 Å². The summed E-state index contributed by atoms with van der Waals surface area (Å²) in [5.74, 6) is 0.118. The first kappa shape index (κ1) is 15.9. The molecule has 0 aromatic carbocycles. The Morgan fingerprint density at radius 3 is 2.62 bits per heavy atom. The molecular weight excluding hydrogens is 265 g/mol. The number of thiophene rings is 1. The van der Waals surface area contributed by atoms with Crippen LogP contribution in [0.25, 0.3) is 0 Å². The number of ketones is 1. The van der Waals surface area contributed by atoms with Gasteiger partial charge < -0.3 is 5.32 Å². The summed E-state index contributed by atoms with van der Waals surface area (Å²) in [6.45, 7) is 6.06. The zero-order valence-corrected chi connectivity index (χ0v) is 12.0. The van der Waals surface area contributed by atoms with Crippen LogP contribution in [0.3, 0.4) is 0 Å². The maximum atomic E-state index is 11.9. The van der Waals surface area contributed by atoms with Crippen molar-refractivity contribution in [3.63, 3.8) is 0 Å². The van der Waals surface area contributed by atoms with Crippen LogP contribution in [0.4, 0.5) is 0 Å².